The molecule has 0 radical (unpaired) electrons. The molecule has 0 aromatic heterocycles. The van der Waals surface area contributed by atoms with Crippen LogP contribution in [0.25, 0.3) is 0 Å². The van der Waals surface area contributed by atoms with Gasteiger partial charge in [-0.2, -0.15) is 0 Å². The van der Waals surface area contributed by atoms with Crippen molar-refractivity contribution in [2.24, 2.45) is 11.8 Å². The normalized spacial score (nSPS) is 27.2. The van der Waals surface area contributed by atoms with E-state index in [0.717, 1.165) is 11.5 Å². The highest BCUT2D eigenvalue weighted by atomic mass is 16.4. The molecule has 1 aliphatic carbocycles. The van der Waals surface area contributed by atoms with Crippen molar-refractivity contribution in [1.82, 2.24) is 5.32 Å². The Morgan fingerprint density at radius 3 is 2.79 bits per heavy atom. The molecule has 1 aromatic carbocycles. The van der Waals surface area contributed by atoms with Gasteiger partial charge in [-0.15, -0.1) is 0 Å². The zero-order chi connectivity index (χ0) is 13.8. The van der Waals surface area contributed by atoms with Crippen LogP contribution in [-0.2, 0) is 6.54 Å². The number of carboxylic acids is 1. The van der Waals surface area contributed by atoms with Crippen molar-refractivity contribution in [3.8, 4) is 0 Å². The van der Waals surface area contributed by atoms with Gasteiger partial charge in [-0.1, -0.05) is 44.9 Å². The molecule has 0 bridgehead atoms. The summed E-state index contributed by atoms with van der Waals surface area (Å²) >= 11 is 0. The van der Waals surface area contributed by atoms with Crippen molar-refractivity contribution < 1.29 is 9.90 Å². The molecule has 0 saturated heterocycles. The summed E-state index contributed by atoms with van der Waals surface area (Å²) in [4.78, 5) is 11.2. The molecule has 3 unspecified atom stereocenters. The van der Waals surface area contributed by atoms with Crippen LogP contribution in [0.2, 0.25) is 0 Å². The van der Waals surface area contributed by atoms with Gasteiger partial charge in [-0.05, 0) is 29.9 Å². The van der Waals surface area contributed by atoms with Crippen LogP contribution < -0.4 is 5.32 Å². The van der Waals surface area contributed by atoms with Gasteiger partial charge >= 0.3 is 5.97 Å². The first-order valence-electron chi connectivity index (χ1n) is 7.14. The molecule has 3 heteroatoms. The first-order valence-corrected chi connectivity index (χ1v) is 7.14. The number of hydrogen-bond donors (Lipinski definition) is 2. The van der Waals surface area contributed by atoms with E-state index in [-0.39, 0.29) is 0 Å². The smallest absolute Gasteiger partial charge is 0.336 e. The van der Waals surface area contributed by atoms with Gasteiger partial charge in [0.1, 0.15) is 0 Å². The molecule has 0 aliphatic heterocycles. The molecular weight excluding hydrogens is 238 g/mol. The van der Waals surface area contributed by atoms with Gasteiger partial charge in [-0.3, -0.25) is 0 Å². The van der Waals surface area contributed by atoms with Crippen LogP contribution in [0, 0.1) is 11.8 Å². The Morgan fingerprint density at radius 1 is 1.32 bits per heavy atom. The molecule has 2 N–H and O–H groups in total. The van der Waals surface area contributed by atoms with Gasteiger partial charge in [0.25, 0.3) is 0 Å². The summed E-state index contributed by atoms with van der Waals surface area (Å²) in [6.07, 6.45) is 3.77. The topological polar surface area (TPSA) is 49.3 Å². The van der Waals surface area contributed by atoms with Crippen molar-refractivity contribution in [1.29, 1.82) is 0 Å². The number of rotatable bonds is 4. The number of carbonyl (C=O) groups is 1. The van der Waals surface area contributed by atoms with E-state index in [1.54, 1.807) is 12.1 Å². The summed E-state index contributed by atoms with van der Waals surface area (Å²) in [7, 11) is 0. The van der Waals surface area contributed by atoms with Gasteiger partial charge in [0.15, 0.2) is 0 Å². The Hall–Kier alpha value is -1.35. The van der Waals surface area contributed by atoms with Gasteiger partial charge in [0.05, 0.1) is 5.56 Å². The lowest BCUT2D eigenvalue weighted by molar-refractivity contribution is 0.0695. The van der Waals surface area contributed by atoms with E-state index in [1.807, 2.05) is 12.1 Å². The second kappa shape index (κ2) is 6.20. The number of hydrogen-bond acceptors (Lipinski definition) is 2. The third kappa shape index (κ3) is 3.35. The van der Waals surface area contributed by atoms with Gasteiger partial charge in [-0.25, -0.2) is 4.79 Å². The largest absolute Gasteiger partial charge is 0.478 e. The van der Waals surface area contributed by atoms with Crippen molar-refractivity contribution >= 4 is 5.97 Å². The highest BCUT2D eigenvalue weighted by molar-refractivity contribution is 5.89. The Morgan fingerprint density at radius 2 is 2.05 bits per heavy atom. The van der Waals surface area contributed by atoms with Crippen LogP contribution in [0.15, 0.2) is 24.3 Å². The second-order valence-corrected chi connectivity index (χ2v) is 5.72. The summed E-state index contributed by atoms with van der Waals surface area (Å²) in [6.45, 7) is 5.25. The molecule has 1 fully saturated rings. The van der Waals surface area contributed by atoms with Gasteiger partial charge < -0.3 is 10.4 Å². The Kier molecular flexibility index (Phi) is 4.59. The molecule has 2 rings (SSSR count). The summed E-state index contributed by atoms with van der Waals surface area (Å²) in [5.74, 6) is 0.564. The minimum atomic E-state index is -0.845. The minimum absolute atomic E-state index is 0.409. The molecule has 104 valence electrons. The van der Waals surface area contributed by atoms with Gasteiger partial charge in [0.2, 0.25) is 0 Å². The van der Waals surface area contributed by atoms with Crippen molar-refractivity contribution in [3.05, 3.63) is 35.4 Å². The molecule has 0 spiro atoms. The lowest BCUT2D eigenvalue weighted by Crippen LogP contribution is -2.40. The number of carboxylic acid groups (broad SMARTS) is 1. The fourth-order valence-electron chi connectivity index (χ4n) is 2.99. The van der Waals surface area contributed by atoms with E-state index >= 15 is 0 Å². The predicted octanol–water partition coefficient (Wildman–Crippen LogP) is 3.30. The monoisotopic (exact) mass is 261 g/mol. The van der Waals surface area contributed by atoms with Crippen LogP contribution in [0.1, 0.15) is 49.0 Å². The zero-order valence-electron chi connectivity index (χ0n) is 11.7. The van der Waals surface area contributed by atoms with Crippen LogP contribution in [0.4, 0.5) is 0 Å². The molecule has 0 heterocycles. The summed E-state index contributed by atoms with van der Waals surface area (Å²) < 4.78 is 0. The standard InChI is InChI=1S/C16H23NO2/c1-11-6-5-9-15(12(11)2)17-10-13-7-3-4-8-14(13)16(18)19/h3-4,7-8,11-12,15,17H,5-6,9-10H2,1-2H3,(H,18,19). The lowest BCUT2D eigenvalue weighted by Gasteiger charge is -2.35. The molecule has 0 amide bonds. The number of aromatic carboxylic acids is 1. The maximum atomic E-state index is 11.2. The molecule has 3 atom stereocenters. The maximum Gasteiger partial charge on any atom is 0.336 e. The Balaban J connectivity index is 2.00. The first-order chi connectivity index (χ1) is 9.09. The third-order valence-electron chi connectivity index (χ3n) is 4.51. The van der Waals surface area contributed by atoms with Gasteiger partial charge in [0, 0.05) is 12.6 Å². The Bertz CT molecular complexity index is 444. The van der Waals surface area contributed by atoms with Crippen molar-refractivity contribution in [3.63, 3.8) is 0 Å². The fourth-order valence-corrected chi connectivity index (χ4v) is 2.99. The highest BCUT2D eigenvalue weighted by Crippen LogP contribution is 2.29. The van der Waals surface area contributed by atoms with Crippen LogP contribution in [0.5, 0.6) is 0 Å². The average Bonchev–Trinajstić information content (AvgIpc) is 2.40. The summed E-state index contributed by atoms with van der Waals surface area (Å²) in [5, 5.41) is 12.7. The number of nitrogens with one attached hydrogen (secondary N) is 1. The predicted molar refractivity (Wildman–Crippen MR) is 76.2 cm³/mol. The molecule has 1 aromatic rings. The van der Waals surface area contributed by atoms with Crippen molar-refractivity contribution in [2.45, 2.75) is 45.7 Å². The zero-order valence-corrected chi connectivity index (χ0v) is 11.7. The SMILES string of the molecule is CC1CCCC(NCc2ccccc2C(=O)O)C1C. The molecule has 19 heavy (non-hydrogen) atoms. The third-order valence-corrected chi connectivity index (χ3v) is 4.51. The van der Waals surface area contributed by atoms with Crippen LogP contribution >= 0.6 is 0 Å². The summed E-state index contributed by atoms with van der Waals surface area (Å²) in [5.41, 5.74) is 1.28. The van der Waals surface area contributed by atoms with E-state index < -0.39 is 5.97 Å². The average molecular weight is 261 g/mol. The lowest BCUT2D eigenvalue weighted by atomic mass is 9.78. The highest BCUT2D eigenvalue weighted by Gasteiger charge is 2.26. The maximum absolute atomic E-state index is 11.2. The minimum Gasteiger partial charge on any atom is -0.478 e. The van der Waals surface area contributed by atoms with E-state index in [0.29, 0.717) is 24.1 Å². The molecule has 3 nitrogen and oxygen atoms in total. The van der Waals surface area contributed by atoms with E-state index in [4.69, 9.17) is 5.11 Å². The van der Waals surface area contributed by atoms with Crippen LogP contribution in [-0.4, -0.2) is 17.1 Å². The van der Waals surface area contributed by atoms with Crippen LogP contribution in [0.3, 0.4) is 0 Å². The van der Waals surface area contributed by atoms with E-state index in [2.05, 4.69) is 19.2 Å². The fraction of sp³-hybridized carbons (Fsp3) is 0.562. The Labute approximate surface area is 115 Å². The van der Waals surface area contributed by atoms with E-state index in [1.165, 1.54) is 19.3 Å². The molecular formula is C16H23NO2. The summed E-state index contributed by atoms with van der Waals surface area (Å²) in [6, 6.07) is 7.75. The second-order valence-electron chi connectivity index (χ2n) is 5.72. The number of benzene rings is 1. The quantitative estimate of drug-likeness (QED) is 0.874. The first kappa shape index (κ1) is 14.1. The van der Waals surface area contributed by atoms with Crippen molar-refractivity contribution in [2.75, 3.05) is 0 Å². The molecule has 1 saturated carbocycles. The molecule has 1 aliphatic rings. The van der Waals surface area contributed by atoms with E-state index in [9.17, 15) is 4.79 Å².